The van der Waals surface area contributed by atoms with E-state index in [1.807, 2.05) is 20.8 Å². The van der Waals surface area contributed by atoms with Gasteiger partial charge in [-0.3, -0.25) is 9.59 Å². The first-order valence-electron chi connectivity index (χ1n) is 7.84. The van der Waals surface area contributed by atoms with Crippen molar-refractivity contribution in [3.05, 3.63) is 28.8 Å². The molecule has 0 unspecified atom stereocenters. The van der Waals surface area contributed by atoms with Gasteiger partial charge < -0.3 is 10.2 Å². The number of aryl methyl sites for hydroxylation is 3. The zero-order chi connectivity index (χ0) is 16.9. The summed E-state index contributed by atoms with van der Waals surface area (Å²) in [6.07, 6.45) is 0.319. The van der Waals surface area contributed by atoms with E-state index in [0.29, 0.717) is 25.4 Å². The van der Waals surface area contributed by atoms with Crippen molar-refractivity contribution in [2.75, 3.05) is 18.4 Å². The first-order chi connectivity index (χ1) is 10.2. The molecule has 4 heteroatoms. The van der Waals surface area contributed by atoms with Gasteiger partial charge in [-0.05, 0) is 37.8 Å². The second-order valence-corrected chi connectivity index (χ2v) is 6.43. The Hall–Kier alpha value is -1.84. The summed E-state index contributed by atoms with van der Waals surface area (Å²) in [5, 5.41) is 2.98. The zero-order valence-electron chi connectivity index (χ0n) is 14.6. The number of carbonyl (C=O) groups excluding carboxylic acids is 2. The molecule has 0 radical (unpaired) electrons. The molecule has 122 valence electrons. The molecule has 0 atom stereocenters. The van der Waals surface area contributed by atoms with Gasteiger partial charge in [0.2, 0.25) is 11.8 Å². The van der Waals surface area contributed by atoms with Gasteiger partial charge in [-0.15, -0.1) is 0 Å². The van der Waals surface area contributed by atoms with Crippen molar-refractivity contribution in [1.29, 1.82) is 0 Å². The van der Waals surface area contributed by atoms with E-state index < -0.39 is 0 Å². The third-order valence-electron chi connectivity index (χ3n) is 3.58. The molecular formula is C18H28N2O2. The van der Waals surface area contributed by atoms with Crippen molar-refractivity contribution in [1.82, 2.24) is 4.90 Å². The van der Waals surface area contributed by atoms with E-state index in [4.69, 9.17) is 0 Å². The van der Waals surface area contributed by atoms with Crippen LogP contribution in [0.2, 0.25) is 0 Å². The fourth-order valence-electron chi connectivity index (χ4n) is 2.63. The topological polar surface area (TPSA) is 49.4 Å². The third kappa shape index (κ3) is 5.51. The van der Waals surface area contributed by atoms with Crippen molar-refractivity contribution in [2.45, 2.75) is 48.0 Å². The van der Waals surface area contributed by atoms with Crippen LogP contribution in [0.15, 0.2) is 12.1 Å². The van der Waals surface area contributed by atoms with E-state index in [1.54, 1.807) is 11.8 Å². The number of rotatable bonds is 6. The maximum absolute atomic E-state index is 12.2. The molecule has 0 bridgehead atoms. The van der Waals surface area contributed by atoms with Crippen molar-refractivity contribution in [2.24, 2.45) is 5.92 Å². The van der Waals surface area contributed by atoms with Crippen molar-refractivity contribution < 1.29 is 9.59 Å². The largest absolute Gasteiger partial charge is 0.342 e. The highest BCUT2D eigenvalue weighted by Crippen LogP contribution is 2.22. The number of hydrogen-bond acceptors (Lipinski definition) is 2. The maximum atomic E-state index is 12.2. The van der Waals surface area contributed by atoms with Crippen molar-refractivity contribution in [3.8, 4) is 0 Å². The predicted octanol–water partition coefficient (Wildman–Crippen LogP) is 3.44. The fraction of sp³-hybridized carbons (Fsp3) is 0.556. The zero-order valence-corrected chi connectivity index (χ0v) is 14.6. The molecule has 0 spiro atoms. The molecule has 0 fully saturated rings. The molecule has 1 rings (SSSR count). The Bertz CT molecular complexity index is 527. The molecule has 0 saturated carbocycles. The van der Waals surface area contributed by atoms with Gasteiger partial charge in [-0.2, -0.15) is 0 Å². The van der Waals surface area contributed by atoms with Gasteiger partial charge in [0.05, 0.1) is 0 Å². The lowest BCUT2D eigenvalue weighted by molar-refractivity contribution is -0.129. The molecule has 0 heterocycles. The lowest BCUT2D eigenvalue weighted by Gasteiger charge is -2.23. The standard InChI is InChI=1S/C18H28N2O2/c1-12(2)11-20(16(6)21)8-7-17(22)19-18-14(4)9-13(3)10-15(18)5/h9-10,12H,7-8,11H2,1-6H3,(H,19,22). The highest BCUT2D eigenvalue weighted by atomic mass is 16.2. The molecule has 1 aromatic carbocycles. The minimum absolute atomic E-state index is 0.0178. The average Bonchev–Trinajstić information content (AvgIpc) is 2.38. The summed E-state index contributed by atoms with van der Waals surface area (Å²) < 4.78 is 0. The summed E-state index contributed by atoms with van der Waals surface area (Å²) in [5.74, 6) is 0.364. The van der Waals surface area contributed by atoms with Crippen LogP contribution in [0.5, 0.6) is 0 Å². The highest BCUT2D eigenvalue weighted by molar-refractivity contribution is 5.92. The molecular weight excluding hydrogens is 276 g/mol. The van der Waals surface area contributed by atoms with E-state index >= 15 is 0 Å². The predicted molar refractivity (Wildman–Crippen MR) is 91.0 cm³/mol. The number of amides is 2. The van der Waals surface area contributed by atoms with E-state index in [2.05, 4.69) is 31.3 Å². The number of carbonyl (C=O) groups is 2. The number of nitrogens with one attached hydrogen (secondary N) is 1. The van der Waals surface area contributed by atoms with Crippen molar-refractivity contribution >= 4 is 17.5 Å². The Balaban J connectivity index is 2.65. The van der Waals surface area contributed by atoms with Crippen LogP contribution < -0.4 is 5.32 Å². The molecule has 0 aliphatic heterocycles. The van der Waals surface area contributed by atoms with Crippen LogP contribution >= 0.6 is 0 Å². The number of hydrogen-bond donors (Lipinski definition) is 1. The number of nitrogens with zero attached hydrogens (tertiary/aromatic N) is 1. The normalized spacial score (nSPS) is 10.7. The van der Waals surface area contributed by atoms with Gasteiger partial charge in [0, 0.05) is 32.1 Å². The van der Waals surface area contributed by atoms with Gasteiger partial charge in [0.1, 0.15) is 0 Å². The molecule has 0 saturated heterocycles. The van der Waals surface area contributed by atoms with Crippen LogP contribution in [0.4, 0.5) is 5.69 Å². The Kier molecular flexibility index (Phi) is 6.60. The monoisotopic (exact) mass is 304 g/mol. The SMILES string of the molecule is CC(=O)N(CCC(=O)Nc1c(C)cc(C)cc1C)CC(C)C. The van der Waals surface area contributed by atoms with E-state index in [0.717, 1.165) is 16.8 Å². The summed E-state index contributed by atoms with van der Waals surface area (Å²) in [7, 11) is 0. The van der Waals surface area contributed by atoms with E-state index in [-0.39, 0.29) is 11.8 Å². The molecule has 1 N–H and O–H groups in total. The molecule has 0 aliphatic carbocycles. The number of benzene rings is 1. The van der Waals surface area contributed by atoms with Crippen LogP contribution in [0.3, 0.4) is 0 Å². The van der Waals surface area contributed by atoms with Gasteiger partial charge in [-0.1, -0.05) is 31.5 Å². The van der Waals surface area contributed by atoms with Gasteiger partial charge in [-0.25, -0.2) is 0 Å². The smallest absolute Gasteiger partial charge is 0.226 e. The maximum Gasteiger partial charge on any atom is 0.226 e. The molecule has 4 nitrogen and oxygen atoms in total. The van der Waals surface area contributed by atoms with E-state index in [9.17, 15) is 9.59 Å². The minimum atomic E-state index is -0.0509. The van der Waals surface area contributed by atoms with Gasteiger partial charge in [0.15, 0.2) is 0 Å². The van der Waals surface area contributed by atoms with Crippen LogP contribution in [0.25, 0.3) is 0 Å². The molecule has 1 aromatic rings. The summed E-state index contributed by atoms with van der Waals surface area (Å²) in [5.41, 5.74) is 4.20. The van der Waals surface area contributed by atoms with Crippen LogP contribution in [0, 0.1) is 26.7 Å². The van der Waals surface area contributed by atoms with E-state index in [1.165, 1.54) is 5.56 Å². The molecule has 0 aromatic heterocycles. The van der Waals surface area contributed by atoms with Gasteiger partial charge in [0.25, 0.3) is 0 Å². The average molecular weight is 304 g/mol. The quantitative estimate of drug-likeness (QED) is 0.875. The fourth-order valence-corrected chi connectivity index (χ4v) is 2.63. The van der Waals surface area contributed by atoms with Crippen LogP contribution in [0.1, 0.15) is 43.9 Å². The van der Waals surface area contributed by atoms with Gasteiger partial charge >= 0.3 is 0 Å². The van der Waals surface area contributed by atoms with Crippen LogP contribution in [-0.2, 0) is 9.59 Å². The number of anilines is 1. The lowest BCUT2D eigenvalue weighted by Crippen LogP contribution is -2.35. The first kappa shape index (κ1) is 18.2. The van der Waals surface area contributed by atoms with Crippen LogP contribution in [-0.4, -0.2) is 29.8 Å². The Labute approximate surface area is 133 Å². The summed E-state index contributed by atoms with van der Waals surface area (Å²) >= 11 is 0. The minimum Gasteiger partial charge on any atom is -0.342 e. The third-order valence-corrected chi connectivity index (χ3v) is 3.58. The Morgan fingerprint density at radius 2 is 1.68 bits per heavy atom. The lowest BCUT2D eigenvalue weighted by atomic mass is 10.0. The summed E-state index contributed by atoms with van der Waals surface area (Å²) in [6.45, 7) is 12.9. The molecule has 0 aliphatic rings. The first-order valence-corrected chi connectivity index (χ1v) is 7.84. The summed E-state index contributed by atoms with van der Waals surface area (Å²) in [4.78, 5) is 25.5. The molecule has 2 amide bonds. The molecule has 22 heavy (non-hydrogen) atoms. The second kappa shape index (κ2) is 7.97. The van der Waals surface area contributed by atoms with Crippen molar-refractivity contribution in [3.63, 3.8) is 0 Å². The second-order valence-electron chi connectivity index (χ2n) is 6.43. The Morgan fingerprint density at radius 1 is 1.14 bits per heavy atom. The highest BCUT2D eigenvalue weighted by Gasteiger charge is 2.14. The Morgan fingerprint density at radius 3 is 2.14 bits per heavy atom. The summed E-state index contributed by atoms with van der Waals surface area (Å²) in [6, 6.07) is 4.12.